The summed E-state index contributed by atoms with van der Waals surface area (Å²) in [6, 6.07) is 6.51. The molecule has 0 aliphatic carbocycles. The monoisotopic (exact) mass is 252 g/mol. The lowest BCUT2D eigenvalue weighted by Crippen LogP contribution is -2.00. The third kappa shape index (κ3) is 7.17. The molecule has 0 spiro atoms. The number of Topliss-reactive ketones (excluding diaryl/α,β-unsaturated/α-hetero) is 1. The number of halogens is 1. The van der Waals surface area contributed by atoms with Gasteiger partial charge in [-0.3, -0.25) is 0 Å². The van der Waals surface area contributed by atoms with Crippen molar-refractivity contribution in [1.82, 2.24) is 0 Å². The van der Waals surface area contributed by atoms with Crippen LogP contribution >= 0.6 is 0 Å². The minimum absolute atomic E-state index is 0.204. The Morgan fingerprint density at radius 3 is 2.50 bits per heavy atom. The molecule has 1 rings (SSSR count). The van der Waals surface area contributed by atoms with Gasteiger partial charge in [0.1, 0.15) is 11.6 Å². The molecule has 18 heavy (non-hydrogen) atoms. The minimum atomic E-state index is -0.204. The molecular weight excluding hydrogens is 231 g/mol. The van der Waals surface area contributed by atoms with Crippen LogP contribution in [0.3, 0.4) is 0 Å². The Labute approximate surface area is 108 Å². The van der Waals surface area contributed by atoms with Gasteiger partial charge < -0.3 is 9.53 Å². The number of ketones is 1. The van der Waals surface area contributed by atoms with Crippen LogP contribution in [0.15, 0.2) is 24.3 Å². The fraction of sp³-hybridized carbons (Fsp3) is 0.533. The minimum Gasteiger partial charge on any atom is -0.381 e. The van der Waals surface area contributed by atoms with Gasteiger partial charge in [0.25, 0.3) is 0 Å². The van der Waals surface area contributed by atoms with Crippen molar-refractivity contribution in [1.29, 1.82) is 0 Å². The fourth-order valence-corrected chi connectivity index (χ4v) is 1.70. The van der Waals surface area contributed by atoms with Crippen molar-refractivity contribution >= 4 is 5.78 Å². The van der Waals surface area contributed by atoms with Gasteiger partial charge in [-0.25, -0.2) is 4.39 Å². The number of ether oxygens (including phenoxy) is 1. The number of carbonyl (C=O) groups excluding carboxylic acids is 1. The second-order valence-corrected chi connectivity index (χ2v) is 4.50. The molecule has 1 aromatic rings. The molecule has 0 aromatic heterocycles. The van der Waals surface area contributed by atoms with Crippen LogP contribution in [-0.4, -0.2) is 19.0 Å². The van der Waals surface area contributed by atoms with Crippen molar-refractivity contribution in [2.24, 2.45) is 0 Å². The first-order chi connectivity index (χ1) is 8.68. The fourth-order valence-electron chi connectivity index (χ4n) is 1.70. The standard InChI is InChI=1S/C15H21FO2/c1-13(17)5-3-2-4-11-18-12-10-14-6-8-15(16)9-7-14/h6-9H,2-5,10-12H2,1H3. The van der Waals surface area contributed by atoms with Gasteiger partial charge in [0.05, 0.1) is 6.61 Å². The number of benzene rings is 1. The maximum absolute atomic E-state index is 12.6. The number of unbranched alkanes of at least 4 members (excludes halogenated alkanes) is 2. The lowest BCUT2D eigenvalue weighted by atomic mass is 10.1. The molecule has 0 radical (unpaired) electrons. The highest BCUT2D eigenvalue weighted by Gasteiger charge is 1.96. The Morgan fingerprint density at radius 2 is 1.83 bits per heavy atom. The lowest BCUT2D eigenvalue weighted by Gasteiger charge is -2.04. The first-order valence-corrected chi connectivity index (χ1v) is 6.50. The van der Waals surface area contributed by atoms with E-state index in [-0.39, 0.29) is 11.6 Å². The van der Waals surface area contributed by atoms with Crippen molar-refractivity contribution in [3.63, 3.8) is 0 Å². The SMILES string of the molecule is CC(=O)CCCCCOCCc1ccc(F)cc1. The topological polar surface area (TPSA) is 26.3 Å². The Morgan fingerprint density at radius 1 is 1.11 bits per heavy atom. The van der Waals surface area contributed by atoms with E-state index in [0.29, 0.717) is 13.0 Å². The van der Waals surface area contributed by atoms with Crippen molar-refractivity contribution in [2.45, 2.75) is 39.0 Å². The number of carbonyl (C=O) groups is 1. The van der Waals surface area contributed by atoms with E-state index < -0.39 is 0 Å². The Bertz CT molecular complexity index is 346. The van der Waals surface area contributed by atoms with Gasteiger partial charge >= 0.3 is 0 Å². The van der Waals surface area contributed by atoms with Crippen molar-refractivity contribution in [2.75, 3.05) is 13.2 Å². The van der Waals surface area contributed by atoms with E-state index in [1.54, 1.807) is 19.1 Å². The molecule has 0 N–H and O–H groups in total. The van der Waals surface area contributed by atoms with Gasteiger partial charge in [0, 0.05) is 13.0 Å². The van der Waals surface area contributed by atoms with Gasteiger partial charge in [0.15, 0.2) is 0 Å². The van der Waals surface area contributed by atoms with E-state index in [9.17, 15) is 9.18 Å². The lowest BCUT2D eigenvalue weighted by molar-refractivity contribution is -0.117. The van der Waals surface area contributed by atoms with Crippen LogP contribution in [0.5, 0.6) is 0 Å². The van der Waals surface area contributed by atoms with Gasteiger partial charge in [0.2, 0.25) is 0 Å². The van der Waals surface area contributed by atoms with E-state index in [1.165, 1.54) is 12.1 Å². The molecular formula is C15H21FO2. The third-order valence-electron chi connectivity index (χ3n) is 2.77. The highest BCUT2D eigenvalue weighted by molar-refractivity contribution is 5.75. The second kappa shape index (κ2) is 8.81. The Kier molecular flexibility index (Phi) is 7.26. The number of rotatable bonds is 9. The molecule has 100 valence electrons. The quantitative estimate of drug-likeness (QED) is 0.628. The van der Waals surface area contributed by atoms with Gasteiger partial charge in [-0.1, -0.05) is 18.6 Å². The summed E-state index contributed by atoms with van der Waals surface area (Å²) in [5.41, 5.74) is 1.09. The first kappa shape index (κ1) is 14.8. The molecule has 0 fully saturated rings. The third-order valence-corrected chi connectivity index (χ3v) is 2.77. The van der Waals surface area contributed by atoms with Crippen molar-refractivity contribution < 1.29 is 13.9 Å². The van der Waals surface area contributed by atoms with E-state index in [1.807, 2.05) is 0 Å². The highest BCUT2D eigenvalue weighted by Crippen LogP contribution is 2.04. The van der Waals surface area contributed by atoms with Crippen LogP contribution in [-0.2, 0) is 16.0 Å². The molecule has 0 amide bonds. The van der Waals surface area contributed by atoms with Crippen LogP contribution in [0.2, 0.25) is 0 Å². The van der Waals surface area contributed by atoms with Gasteiger partial charge in [-0.15, -0.1) is 0 Å². The molecule has 0 aliphatic rings. The van der Waals surface area contributed by atoms with Crippen molar-refractivity contribution in [3.05, 3.63) is 35.6 Å². The van der Waals surface area contributed by atoms with Crippen LogP contribution in [0, 0.1) is 5.82 Å². The van der Waals surface area contributed by atoms with Crippen molar-refractivity contribution in [3.8, 4) is 0 Å². The molecule has 0 unspecified atom stereocenters. The molecule has 0 aliphatic heterocycles. The summed E-state index contributed by atoms with van der Waals surface area (Å²) in [6.07, 6.45) is 4.48. The smallest absolute Gasteiger partial charge is 0.129 e. The van der Waals surface area contributed by atoms with Gasteiger partial charge in [-0.05, 0) is 43.9 Å². The van der Waals surface area contributed by atoms with E-state index in [2.05, 4.69) is 0 Å². The zero-order valence-corrected chi connectivity index (χ0v) is 11.0. The molecule has 3 heteroatoms. The van der Waals surface area contributed by atoms with Crippen LogP contribution in [0.4, 0.5) is 4.39 Å². The largest absolute Gasteiger partial charge is 0.381 e. The van der Waals surface area contributed by atoms with E-state index >= 15 is 0 Å². The van der Waals surface area contributed by atoms with Crippen LogP contribution in [0.25, 0.3) is 0 Å². The average molecular weight is 252 g/mol. The zero-order valence-electron chi connectivity index (χ0n) is 11.0. The molecule has 2 nitrogen and oxygen atoms in total. The second-order valence-electron chi connectivity index (χ2n) is 4.50. The summed E-state index contributed by atoms with van der Waals surface area (Å²) in [7, 11) is 0. The predicted molar refractivity (Wildman–Crippen MR) is 70.1 cm³/mol. The summed E-state index contributed by atoms with van der Waals surface area (Å²) < 4.78 is 18.1. The maximum atomic E-state index is 12.6. The van der Waals surface area contributed by atoms with E-state index in [0.717, 1.165) is 37.9 Å². The molecule has 0 saturated carbocycles. The summed E-state index contributed by atoms with van der Waals surface area (Å²) in [6.45, 7) is 3.02. The molecule has 1 aromatic carbocycles. The van der Waals surface area contributed by atoms with Gasteiger partial charge in [-0.2, -0.15) is 0 Å². The summed E-state index contributed by atoms with van der Waals surface area (Å²) in [5.74, 6) is 0.0531. The molecule has 0 saturated heterocycles. The Balaban J connectivity index is 1.95. The molecule has 0 atom stereocenters. The molecule has 0 bridgehead atoms. The summed E-state index contributed by atoms with van der Waals surface area (Å²) in [4.78, 5) is 10.7. The molecule has 0 heterocycles. The predicted octanol–water partition coefficient (Wildman–Crippen LogP) is 3.53. The Hall–Kier alpha value is -1.22. The van der Waals surface area contributed by atoms with Crippen LogP contribution in [0.1, 0.15) is 38.2 Å². The highest BCUT2D eigenvalue weighted by atomic mass is 19.1. The summed E-state index contributed by atoms with van der Waals surface area (Å²) in [5, 5.41) is 0. The number of hydrogen-bond acceptors (Lipinski definition) is 2. The zero-order chi connectivity index (χ0) is 13.2. The summed E-state index contributed by atoms with van der Waals surface area (Å²) >= 11 is 0. The average Bonchev–Trinajstić information content (AvgIpc) is 2.34. The number of hydrogen-bond donors (Lipinski definition) is 0. The van der Waals surface area contributed by atoms with Crippen LogP contribution < -0.4 is 0 Å². The van der Waals surface area contributed by atoms with E-state index in [4.69, 9.17) is 4.74 Å². The maximum Gasteiger partial charge on any atom is 0.129 e. The first-order valence-electron chi connectivity index (χ1n) is 6.50. The normalized spacial score (nSPS) is 10.6.